The molecule has 0 atom stereocenters. The highest BCUT2D eigenvalue weighted by molar-refractivity contribution is 7.16. The van der Waals surface area contributed by atoms with E-state index in [0.29, 0.717) is 21.8 Å². The smallest absolute Gasteiger partial charge is 0.308 e. The van der Waals surface area contributed by atoms with Crippen molar-refractivity contribution >= 4 is 28.1 Å². The first-order chi connectivity index (χ1) is 10.0. The highest BCUT2D eigenvalue weighted by atomic mass is 32.1. The zero-order valence-corrected chi connectivity index (χ0v) is 12.5. The highest BCUT2D eigenvalue weighted by Gasteiger charge is 2.14. The third-order valence-corrected chi connectivity index (χ3v) is 4.13. The number of amides is 2. The number of benzene rings is 1. The number of aryl methyl sites for hydroxylation is 1. The fraction of sp³-hybridized carbons (Fsp3) is 0.125. The van der Waals surface area contributed by atoms with Crippen molar-refractivity contribution in [3.05, 3.63) is 45.8 Å². The SMILES string of the molecule is C#Cc1cccc(NC(=O)Nc2sc(C)c(C)c2C#N)c1. The quantitative estimate of drug-likeness (QED) is 0.826. The summed E-state index contributed by atoms with van der Waals surface area (Å²) in [4.78, 5) is 13.0. The summed E-state index contributed by atoms with van der Waals surface area (Å²) < 4.78 is 0. The van der Waals surface area contributed by atoms with Gasteiger partial charge < -0.3 is 5.32 Å². The second kappa shape index (κ2) is 6.13. The van der Waals surface area contributed by atoms with Crippen LogP contribution in [-0.2, 0) is 0 Å². The molecule has 104 valence electrons. The monoisotopic (exact) mass is 295 g/mol. The van der Waals surface area contributed by atoms with Crippen molar-refractivity contribution in [1.82, 2.24) is 0 Å². The molecular formula is C16H13N3OS. The van der Waals surface area contributed by atoms with Crippen LogP contribution in [0, 0.1) is 37.5 Å². The number of nitrogens with zero attached hydrogens (tertiary/aromatic N) is 1. The van der Waals surface area contributed by atoms with E-state index >= 15 is 0 Å². The molecule has 2 N–H and O–H groups in total. The average molecular weight is 295 g/mol. The molecule has 0 fully saturated rings. The summed E-state index contributed by atoms with van der Waals surface area (Å²) in [6.07, 6.45) is 5.32. The lowest BCUT2D eigenvalue weighted by atomic mass is 10.2. The first kappa shape index (κ1) is 14.6. The van der Waals surface area contributed by atoms with E-state index in [-0.39, 0.29) is 0 Å². The Bertz CT molecular complexity index is 778. The summed E-state index contributed by atoms with van der Waals surface area (Å²) in [5, 5.41) is 15.1. The number of urea groups is 1. The van der Waals surface area contributed by atoms with Gasteiger partial charge in [-0.2, -0.15) is 5.26 Å². The second-order valence-electron chi connectivity index (χ2n) is 4.40. The summed E-state index contributed by atoms with van der Waals surface area (Å²) >= 11 is 1.39. The van der Waals surface area contributed by atoms with Gasteiger partial charge >= 0.3 is 6.03 Å². The molecule has 0 bridgehead atoms. The molecule has 2 amide bonds. The van der Waals surface area contributed by atoms with E-state index in [2.05, 4.69) is 22.6 Å². The molecule has 0 aliphatic heterocycles. The van der Waals surface area contributed by atoms with Crippen LogP contribution in [0.25, 0.3) is 0 Å². The van der Waals surface area contributed by atoms with E-state index < -0.39 is 6.03 Å². The van der Waals surface area contributed by atoms with Crippen molar-refractivity contribution in [2.24, 2.45) is 0 Å². The lowest BCUT2D eigenvalue weighted by Gasteiger charge is -2.06. The van der Waals surface area contributed by atoms with Gasteiger partial charge in [0.2, 0.25) is 0 Å². The fourth-order valence-electron chi connectivity index (χ4n) is 1.80. The van der Waals surface area contributed by atoms with E-state index in [4.69, 9.17) is 11.7 Å². The summed E-state index contributed by atoms with van der Waals surface area (Å²) in [5.41, 5.74) is 2.69. The predicted octanol–water partition coefficient (Wildman–Crippen LogP) is 3.86. The lowest BCUT2D eigenvalue weighted by Crippen LogP contribution is -2.19. The number of carbonyl (C=O) groups excluding carboxylic acids is 1. The van der Waals surface area contributed by atoms with Crippen molar-refractivity contribution in [1.29, 1.82) is 5.26 Å². The minimum atomic E-state index is -0.401. The third kappa shape index (κ3) is 3.22. The molecule has 0 saturated heterocycles. The van der Waals surface area contributed by atoms with Gasteiger partial charge in [0.05, 0.1) is 5.56 Å². The molecule has 1 heterocycles. The molecule has 4 nitrogen and oxygen atoms in total. The van der Waals surface area contributed by atoms with Gasteiger partial charge in [0.25, 0.3) is 0 Å². The van der Waals surface area contributed by atoms with E-state index in [0.717, 1.165) is 10.4 Å². The highest BCUT2D eigenvalue weighted by Crippen LogP contribution is 2.31. The molecular weight excluding hydrogens is 282 g/mol. The number of rotatable bonds is 2. The van der Waals surface area contributed by atoms with Crippen LogP contribution >= 0.6 is 11.3 Å². The Morgan fingerprint density at radius 3 is 2.76 bits per heavy atom. The van der Waals surface area contributed by atoms with Gasteiger partial charge in [0, 0.05) is 16.1 Å². The molecule has 0 aliphatic rings. The third-order valence-electron chi connectivity index (χ3n) is 3.01. The van der Waals surface area contributed by atoms with Crippen molar-refractivity contribution in [3.63, 3.8) is 0 Å². The molecule has 5 heteroatoms. The summed E-state index contributed by atoms with van der Waals surface area (Å²) in [5.74, 6) is 2.51. The molecule has 1 aromatic carbocycles. The fourth-order valence-corrected chi connectivity index (χ4v) is 2.81. The first-order valence-corrected chi connectivity index (χ1v) is 7.01. The Balaban J connectivity index is 2.14. The van der Waals surface area contributed by atoms with Gasteiger partial charge in [0.1, 0.15) is 11.1 Å². The van der Waals surface area contributed by atoms with Crippen LogP contribution in [0.2, 0.25) is 0 Å². The summed E-state index contributed by atoms with van der Waals surface area (Å²) in [6.45, 7) is 3.78. The zero-order chi connectivity index (χ0) is 15.4. The standard InChI is InChI=1S/C16H13N3OS/c1-4-12-6-5-7-13(8-12)18-16(20)19-15-14(9-17)10(2)11(3)21-15/h1,5-8H,2-3H3,(H2,18,19,20). The van der Waals surface area contributed by atoms with E-state index in [1.807, 2.05) is 13.8 Å². The number of nitrogens with one attached hydrogen (secondary N) is 2. The van der Waals surface area contributed by atoms with Gasteiger partial charge in [-0.3, -0.25) is 5.32 Å². The van der Waals surface area contributed by atoms with Crippen LogP contribution in [0.5, 0.6) is 0 Å². The van der Waals surface area contributed by atoms with Crippen LogP contribution in [0.4, 0.5) is 15.5 Å². The van der Waals surface area contributed by atoms with Gasteiger partial charge in [-0.15, -0.1) is 17.8 Å². The van der Waals surface area contributed by atoms with Crippen LogP contribution in [-0.4, -0.2) is 6.03 Å². The molecule has 0 spiro atoms. The van der Waals surface area contributed by atoms with Crippen LogP contribution in [0.15, 0.2) is 24.3 Å². The minimum Gasteiger partial charge on any atom is -0.308 e. The van der Waals surface area contributed by atoms with Crippen LogP contribution < -0.4 is 10.6 Å². The molecule has 2 rings (SSSR count). The topological polar surface area (TPSA) is 64.9 Å². The number of hydrogen-bond donors (Lipinski definition) is 2. The molecule has 0 saturated carbocycles. The average Bonchev–Trinajstić information content (AvgIpc) is 2.73. The Morgan fingerprint density at radius 2 is 2.10 bits per heavy atom. The van der Waals surface area contributed by atoms with Crippen LogP contribution in [0.3, 0.4) is 0 Å². The Labute approximate surface area is 127 Å². The largest absolute Gasteiger partial charge is 0.324 e. The van der Waals surface area contributed by atoms with Gasteiger partial charge in [-0.25, -0.2) is 4.79 Å². The molecule has 21 heavy (non-hydrogen) atoms. The van der Waals surface area contributed by atoms with Gasteiger partial charge in [0.15, 0.2) is 0 Å². The minimum absolute atomic E-state index is 0.401. The summed E-state index contributed by atoms with van der Waals surface area (Å²) in [6, 6.07) is 8.71. The van der Waals surface area contributed by atoms with Crippen molar-refractivity contribution < 1.29 is 4.79 Å². The maximum Gasteiger partial charge on any atom is 0.324 e. The number of thiophene rings is 1. The molecule has 0 aliphatic carbocycles. The Morgan fingerprint density at radius 1 is 1.33 bits per heavy atom. The normalized spacial score (nSPS) is 9.52. The second-order valence-corrected chi connectivity index (χ2v) is 5.63. The number of nitriles is 1. The first-order valence-electron chi connectivity index (χ1n) is 6.20. The maximum atomic E-state index is 12.0. The van der Waals surface area contributed by atoms with Gasteiger partial charge in [-0.05, 0) is 37.6 Å². The molecule has 0 radical (unpaired) electrons. The zero-order valence-electron chi connectivity index (χ0n) is 11.7. The number of terminal acetylenes is 1. The van der Waals surface area contributed by atoms with E-state index in [9.17, 15) is 4.79 Å². The molecule has 0 unspecified atom stereocenters. The van der Waals surface area contributed by atoms with Gasteiger partial charge in [-0.1, -0.05) is 12.0 Å². The molecule has 1 aromatic heterocycles. The van der Waals surface area contributed by atoms with Crippen molar-refractivity contribution in [2.45, 2.75) is 13.8 Å². The lowest BCUT2D eigenvalue weighted by molar-refractivity contribution is 0.262. The number of anilines is 2. The van der Waals surface area contributed by atoms with Crippen molar-refractivity contribution in [2.75, 3.05) is 10.6 Å². The molecule has 2 aromatic rings. The van der Waals surface area contributed by atoms with E-state index in [1.54, 1.807) is 24.3 Å². The Hall–Kier alpha value is -2.76. The van der Waals surface area contributed by atoms with Crippen LogP contribution in [0.1, 0.15) is 21.6 Å². The number of hydrogen-bond acceptors (Lipinski definition) is 3. The van der Waals surface area contributed by atoms with E-state index in [1.165, 1.54) is 11.3 Å². The summed E-state index contributed by atoms with van der Waals surface area (Å²) in [7, 11) is 0. The van der Waals surface area contributed by atoms with Crippen molar-refractivity contribution in [3.8, 4) is 18.4 Å². The predicted molar refractivity (Wildman–Crippen MR) is 85.5 cm³/mol. The Kier molecular flexibility index (Phi) is 4.27. The maximum absolute atomic E-state index is 12.0. The number of carbonyl (C=O) groups is 1.